The zero-order chi connectivity index (χ0) is 17.3. The largest absolute Gasteiger partial charge is 0.271 e. The van der Waals surface area contributed by atoms with Crippen molar-refractivity contribution >= 4 is 69.0 Å². The Balaban J connectivity index is 2.13. The van der Waals surface area contributed by atoms with Crippen molar-refractivity contribution in [3.8, 4) is 11.4 Å². The number of carbonyl (C=O) groups excluding carboxylic acids is 1. The molecule has 0 unspecified atom stereocenters. The number of nitrogens with zero attached hydrogens (tertiary/aromatic N) is 3. The molecular weight excluding hydrogens is 400 g/mol. The lowest BCUT2D eigenvalue weighted by Gasteiger charge is -2.07. The van der Waals surface area contributed by atoms with E-state index in [1.165, 1.54) is 22.8 Å². The average molecular weight is 403 g/mol. The molecular formula is C14H3Cl4N3O3. The number of imidazole rings is 1. The van der Waals surface area contributed by atoms with Crippen LogP contribution in [0.15, 0.2) is 18.2 Å². The number of nitro groups is 1. The number of aromatic nitrogens is 2. The average Bonchev–Trinajstić information content (AvgIpc) is 3.05. The quantitative estimate of drug-likeness (QED) is 0.189. The number of hydrogen-bond donors (Lipinski definition) is 0. The second-order valence-corrected chi connectivity index (χ2v) is 6.52. The molecule has 0 radical (unpaired) electrons. The molecule has 3 aromatic rings. The van der Waals surface area contributed by atoms with Crippen LogP contribution < -0.4 is 0 Å². The van der Waals surface area contributed by atoms with Crippen molar-refractivity contribution in [1.82, 2.24) is 9.55 Å². The summed E-state index contributed by atoms with van der Waals surface area (Å²) >= 11 is 24.4. The van der Waals surface area contributed by atoms with Crippen LogP contribution in [0.2, 0.25) is 20.1 Å². The first-order chi connectivity index (χ1) is 11.3. The summed E-state index contributed by atoms with van der Waals surface area (Å²) in [5.41, 5.74) is 0.863. The highest BCUT2D eigenvalue weighted by molar-refractivity contribution is 6.54. The molecule has 10 heteroatoms. The highest BCUT2D eigenvalue weighted by Gasteiger charge is 2.37. The maximum Gasteiger partial charge on any atom is 0.271 e. The molecule has 0 saturated heterocycles. The fourth-order valence-corrected chi connectivity index (χ4v) is 3.72. The molecule has 0 bridgehead atoms. The van der Waals surface area contributed by atoms with Crippen LogP contribution in [0.5, 0.6) is 0 Å². The molecule has 120 valence electrons. The summed E-state index contributed by atoms with van der Waals surface area (Å²) in [4.78, 5) is 27.5. The topological polar surface area (TPSA) is 78.0 Å². The van der Waals surface area contributed by atoms with Crippen LogP contribution in [0, 0.1) is 10.1 Å². The summed E-state index contributed by atoms with van der Waals surface area (Å²) in [6, 6.07) is 4.03. The Morgan fingerprint density at radius 3 is 2.25 bits per heavy atom. The Morgan fingerprint density at radius 1 is 1.00 bits per heavy atom. The maximum absolute atomic E-state index is 12.8. The molecule has 24 heavy (non-hydrogen) atoms. The van der Waals surface area contributed by atoms with Crippen molar-refractivity contribution in [2.24, 2.45) is 0 Å². The van der Waals surface area contributed by atoms with E-state index in [-0.39, 0.29) is 48.2 Å². The third-order valence-electron chi connectivity index (χ3n) is 3.76. The second-order valence-electron chi connectivity index (χ2n) is 5.01. The van der Waals surface area contributed by atoms with Crippen LogP contribution in [0.25, 0.3) is 22.4 Å². The molecule has 0 atom stereocenters. The normalized spacial score (nSPS) is 12.6. The molecule has 2 aromatic carbocycles. The molecule has 1 aliphatic heterocycles. The molecule has 0 N–H and O–H groups in total. The molecule has 0 spiro atoms. The van der Waals surface area contributed by atoms with Crippen LogP contribution in [0.3, 0.4) is 0 Å². The predicted molar refractivity (Wildman–Crippen MR) is 91.6 cm³/mol. The fourth-order valence-electron chi connectivity index (χ4n) is 2.70. The minimum Gasteiger partial charge on any atom is -0.268 e. The van der Waals surface area contributed by atoms with Crippen molar-refractivity contribution in [1.29, 1.82) is 0 Å². The lowest BCUT2D eigenvalue weighted by atomic mass is 10.1. The SMILES string of the molecule is O=C1c2c(Cl)c(Cl)c(Cl)c(Cl)c2-c2nc3ccc([N+](=O)[O-])cc3n21. The zero-order valence-corrected chi connectivity index (χ0v) is 14.3. The molecule has 1 aromatic heterocycles. The van der Waals surface area contributed by atoms with Gasteiger partial charge < -0.3 is 0 Å². The minimum atomic E-state index is -0.556. The van der Waals surface area contributed by atoms with Crippen LogP contribution >= 0.6 is 46.4 Å². The zero-order valence-electron chi connectivity index (χ0n) is 11.3. The van der Waals surface area contributed by atoms with Gasteiger partial charge in [-0.25, -0.2) is 4.98 Å². The lowest BCUT2D eigenvalue weighted by molar-refractivity contribution is -0.384. The molecule has 2 heterocycles. The number of non-ortho nitro benzene ring substituents is 1. The van der Waals surface area contributed by atoms with Crippen LogP contribution in [-0.4, -0.2) is 20.4 Å². The number of halogens is 4. The summed E-state index contributed by atoms with van der Waals surface area (Å²) < 4.78 is 1.22. The Labute approximate surface area is 153 Å². The van der Waals surface area contributed by atoms with Gasteiger partial charge in [-0.05, 0) is 6.07 Å². The van der Waals surface area contributed by atoms with Gasteiger partial charge in [0.05, 0.1) is 47.2 Å². The summed E-state index contributed by atoms with van der Waals surface area (Å²) in [5.74, 6) is -0.301. The lowest BCUT2D eigenvalue weighted by Crippen LogP contribution is -2.06. The molecule has 0 fully saturated rings. The molecule has 1 aliphatic rings. The van der Waals surface area contributed by atoms with E-state index in [2.05, 4.69) is 4.98 Å². The van der Waals surface area contributed by atoms with E-state index in [4.69, 9.17) is 46.4 Å². The Kier molecular flexibility index (Phi) is 3.30. The number of nitro benzene ring substituents is 1. The smallest absolute Gasteiger partial charge is 0.268 e. The van der Waals surface area contributed by atoms with E-state index in [1.807, 2.05) is 0 Å². The van der Waals surface area contributed by atoms with Crippen molar-refractivity contribution in [2.45, 2.75) is 0 Å². The van der Waals surface area contributed by atoms with Crippen molar-refractivity contribution < 1.29 is 9.72 Å². The van der Waals surface area contributed by atoms with E-state index in [9.17, 15) is 14.9 Å². The predicted octanol–water partition coefficient (Wildman–Crippen LogP) is 5.23. The molecule has 0 aliphatic carbocycles. The van der Waals surface area contributed by atoms with Gasteiger partial charge >= 0.3 is 0 Å². The number of fused-ring (bicyclic) bond motifs is 5. The first kappa shape index (κ1) is 15.7. The monoisotopic (exact) mass is 401 g/mol. The van der Waals surface area contributed by atoms with Gasteiger partial charge in [0.2, 0.25) is 0 Å². The Bertz CT molecular complexity index is 1110. The Morgan fingerprint density at radius 2 is 1.62 bits per heavy atom. The fraction of sp³-hybridized carbons (Fsp3) is 0. The standard InChI is InChI=1S/C14H3Cl4N3O3/c15-9-7-8(10(16)12(18)11(9)17)14(22)20-6-3-4(21(23)24)1-2-5(6)19-13(7)20/h1-3H. The minimum absolute atomic E-state index is 0.0152. The summed E-state index contributed by atoms with van der Waals surface area (Å²) in [6.45, 7) is 0. The van der Waals surface area contributed by atoms with Gasteiger partial charge in [-0.3, -0.25) is 19.5 Å². The third-order valence-corrected chi connectivity index (χ3v) is 5.56. The number of benzene rings is 2. The van der Waals surface area contributed by atoms with Gasteiger partial charge in [-0.2, -0.15) is 0 Å². The van der Waals surface area contributed by atoms with Crippen LogP contribution in [0.1, 0.15) is 10.4 Å². The van der Waals surface area contributed by atoms with Gasteiger partial charge in [-0.15, -0.1) is 0 Å². The highest BCUT2D eigenvalue weighted by atomic mass is 35.5. The van der Waals surface area contributed by atoms with E-state index in [0.29, 0.717) is 5.52 Å². The van der Waals surface area contributed by atoms with E-state index < -0.39 is 10.8 Å². The van der Waals surface area contributed by atoms with Crippen LogP contribution in [-0.2, 0) is 0 Å². The third kappa shape index (κ3) is 1.85. The van der Waals surface area contributed by atoms with Crippen LogP contribution in [0.4, 0.5) is 5.69 Å². The molecule has 4 rings (SSSR count). The van der Waals surface area contributed by atoms with Crippen molar-refractivity contribution in [2.75, 3.05) is 0 Å². The Hall–Kier alpha value is -1.86. The van der Waals surface area contributed by atoms with E-state index >= 15 is 0 Å². The van der Waals surface area contributed by atoms with Gasteiger partial charge in [0.1, 0.15) is 0 Å². The highest BCUT2D eigenvalue weighted by Crippen LogP contribution is 2.49. The van der Waals surface area contributed by atoms with E-state index in [0.717, 1.165) is 0 Å². The summed E-state index contributed by atoms with van der Waals surface area (Å²) in [7, 11) is 0. The first-order valence-corrected chi connectivity index (χ1v) is 7.92. The van der Waals surface area contributed by atoms with E-state index in [1.54, 1.807) is 0 Å². The first-order valence-electron chi connectivity index (χ1n) is 6.40. The number of hydrogen-bond acceptors (Lipinski definition) is 4. The maximum atomic E-state index is 12.8. The number of carbonyl (C=O) groups is 1. The van der Waals surface area contributed by atoms with Gasteiger partial charge in [0, 0.05) is 12.1 Å². The molecule has 0 saturated carbocycles. The van der Waals surface area contributed by atoms with Crippen molar-refractivity contribution in [3.05, 3.63) is 54.0 Å². The molecule has 6 nitrogen and oxygen atoms in total. The second kappa shape index (κ2) is 5.07. The number of rotatable bonds is 1. The van der Waals surface area contributed by atoms with Crippen molar-refractivity contribution in [3.63, 3.8) is 0 Å². The van der Waals surface area contributed by atoms with Gasteiger partial charge in [-0.1, -0.05) is 46.4 Å². The van der Waals surface area contributed by atoms with Gasteiger partial charge in [0.15, 0.2) is 5.82 Å². The summed E-state index contributed by atoms with van der Waals surface area (Å²) in [6.07, 6.45) is 0. The molecule has 0 amide bonds. The van der Waals surface area contributed by atoms with Gasteiger partial charge in [0.25, 0.3) is 11.6 Å². The summed E-state index contributed by atoms with van der Waals surface area (Å²) in [5, 5.41) is 11.0.